The molecule has 0 bridgehead atoms. The number of rotatable bonds is 3. The zero-order chi connectivity index (χ0) is 26.0. The highest BCUT2D eigenvalue weighted by Gasteiger charge is 2.33. The molecule has 0 fully saturated rings. The van der Waals surface area contributed by atoms with Gasteiger partial charge in [-0.25, -0.2) is 14.5 Å². The van der Waals surface area contributed by atoms with Gasteiger partial charge >= 0.3 is 18.0 Å². The van der Waals surface area contributed by atoms with Gasteiger partial charge in [0, 0.05) is 31.4 Å². The number of methoxy groups -OCH3 is 1. The Labute approximate surface area is 206 Å². The molecule has 190 valence electrons. The second kappa shape index (κ2) is 9.72. The van der Waals surface area contributed by atoms with Crippen molar-refractivity contribution in [1.29, 1.82) is 0 Å². The molecule has 5 aromatic rings. The Kier molecular flexibility index (Phi) is 6.29. The highest BCUT2D eigenvalue weighted by Crippen LogP contribution is 2.29. The molecule has 0 saturated heterocycles. The van der Waals surface area contributed by atoms with Crippen LogP contribution in [0.4, 0.5) is 13.2 Å². The van der Waals surface area contributed by atoms with Crippen LogP contribution in [0.3, 0.4) is 0 Å². The van der Waals surface area contributed by atoms with Crippen molar-refractivity contribution < 1.29 is 27.1 Å². The van der Waals surface area contributed by atoms with Crippen molar-refractivity contribution in [2.45, 2.75) is 19.1 Å². The average Bonchev–Trinajstić information content (AvgIpc) is 3.68. The molecule has 1 amide bonds. The van der Waals surface area contributed by atoms with E-state index in [2.05, 4.69) is 30.2 Å². The number of nitrogens with one attached hydrogen (secondary N) is 1. The molecule has 6 heterocycles. The van der Waals surface area contributed by atoms with Gasteiger partial charge in [0.05, 0.1) is 42.4 Å². The number of hydrogen-bond acceptors (Lipinski definition) is 8. The number of alkyl halides is 3. The van der Waals surface area contributed by atoms with E-state index in [4.69, 9.17) is 9.15 Å². The first-order valence-corrected chi connectivity index (χ1v) is 11.0. The zero-order valence-corrected chi connectivity index (χ0v) is 19.3. The Morgan fingerprint density at radius 2 is 2.00 bits per heavy atom. The van der Waals surface area contributed by atoms with Crippen molar-refractivity contribution in [1.82, 2.24) is 39.7 Å². The zero-order valence-electron chi connectivity index (χ0n) is 19.3. The van der Waals surface area contributed by atoms with Crippen LogP contribution in [-0.4, -0.2) is 59.2 Å². The second-order valence-corrected chi connectivity index (χ2v) is 7.88. The van der Waals surface area contributed by atoms with E-state index in [1.54, 1.807) is 35.6 Å². The van der Waals surface area contributed by atoms with Crippen LogP contribution >= 0.6 is 0 Å². The standard InChI is InChI=1S/C15H14N6O3.C8H5F3N2/c1-23-12-3-2-9(6-16-12)13-19-20-14(24-13)15(22)21-5-4-10-11(7-21)18-8-17-10;9-8(10,11)7-3-1-2-6-4-5-12-13(6)7/h2-3,6,8H,4-5,7H2,1H3,(H,17,18);1-5H. The highest BCUT2D eigenvalue weighted by atomic mass is 19.4. The van der Waals surface area contributed by atoms with Crippen LogP contribution in [0, 0.1) is 0 Å². The van der Waals surface area contributed by atoms with E-state index in [9.17, 15) is 18.0 Å². The Morgan fingerprint density at radius 3 is 2.76 bits per heavy atom. The number of H-pyrrole nitrogens is 1. The van der Waals surface area contributed by atoms with Gasteiger partial charge in [-0.05, 0) is 24.3 Å². The summed E-state index contributed by atoms with van der Waals surface area (Å²) in [4.78, 5) is 25.5. The minimum absolute atomic E-state index is 0.0382. The number of nitrogens with zero attached hydrogens (tertiary/aromatic N) is 7. The number of ether oxygens (including phenoxy) is 1. The van der Waals surface area contributed by atoms with Crippen molar-refractivity contribution >= 4 is 11.4 Å². The van der Waals surface area contributed by atoms with Crippen LogP contribution in [0.25, 0.3) is 17.0 Å². The average molecular weight is 512 g/mol. The fourth-order valence-corrected chi connectivity index (χ4v) is 3.74. The Morgan fingerprint density at radius 1 is 1.14 bits per heavy atom. The minimum atomic E-state index is -4.36. The lowest BCUT2D eigenvalue weighted by molar-refractivity contribution is -0.142. The molecule has 37 heavy (non-hydrogen) atoms. The molecule has 0 saturated carbocycles. The third-order valence-corrected chi connectivity index (χ3v) is 5.57. The molecule has 1 aliphatic heterocycles. The fourth-order valence-electron chi connectivity index (χ4n) is 3.74. The van der Waals surface area contributed by atoms with Crippen molar-refractivity contribution in [3.8, 4) is 17.3 Å². The van der Waals surface area contributed by atoms with Gasteiger partial charge < -0.3 is 19.0 Å². The topological polar surface area (TPSA) is 127 Å². The summed E-state index contributed by atoms with van der Waals surface area (Å²) < 4.78 is 48.4. The van der Waals surface area contributed by atoms with Crippen LogP contribution in [-0.2, 0) is 19.1 Å². The molecular formula is C23H19F3N8O3. The number of fused-ring (bicyclic) bond motifs is 2. The maximum atomic E-state index is 12.5. The van der Waals surface area contributed by atoms with Gasteiger partial charge in [-0.2, -0.15) is 18.3 Å². The minimum Gasteiger partial charge on any atom is -0.481 e. The first kappa shape index (κ1) is 24.0. The molecule has 1 aliphatic rings. The summed E-state index contributed by atoms with van der Waals surface area (Å²) in [6.07, 6.45) is 0.878. The molecular weight excluding hydrogens is 493 g/mol. The highest BCUT2D eigenvalue weighted by molar-refractivity contribution is 5.89. The van der Waals surface area contributed by atoms with Crippen LogP contribution < -0.4 is 4.74 Å². The molecule has 0 unspecified atom stereocenters. The van der Waals surface area contributed by atoms with E-state index in [1.807, 2.05) is 0 Å². The molecule has 1 N–H and O–H groups in total. The Hall–Kier alpha value is -4.75. The van der Waals surface area contributed by atoms with E-state index in [0.29, 0.717) is 36.5 Å². The third kappa shape index (κ3) is 4.98. The maximum absolute atomic E-state index is 12.5. The number of carbonyl (C=O) groups is 1. The summed E-state index contributed by atoms with van der Waals surface area (Å²) >= 11 is 0. The van der Waals surface area contributed by atoms with E-state index < -0.39 is 11.9 Å². The van der Waals surface area contributed by atoms with Gasteiger partial charge in [-0.3, -0.25) is 4.79 Å². The summed E-state index contributed by atoms with van der Waals surface area (Å²) in [5.74, 6) is 0.394. The number of carbonyl (C=O) groups excluding carboxylic acids is 1. The molecule has 11 nitrogen and oxygen atoms in total. The van der Waals surface area contributed by atoms with E-state index in [0.717, 1.165) is 22.0 Å². The quantitative estimate of drug-likeness (QED) is 0.390. The first-order chi connectivity index (χ1) is 17.8. The first-order valence-electron chi connectivity index (χ1n) is 11.0. The maximum Gasteiger partial charge on any atom is 0.433 e. The number of pyridine rings is 2. The lowest BCUT2D eigenvalue weighted by Gasteiger charge is -2.24. The van der Waals surface area contributed by atoms with Crippen molar-refractivity contribution in [2.24, 2.45) is 0 Å². The predicted molar refractivity (Wildman–Crippen MR) is 121 cm³/mol. The van der Waals surface area contributed by atoms with E-state index >= 15 is 0 Å². The van der Waals surface area contributed by atoms with Crippen LogP contribution in [0.1, 0.15) is 27.8 Å². The summed E-state index contributed by atoms with van der Waals surface area (Å²) in [6.45, 7) is 1.02. The lowest BCUT2D eigenvalue weighted by atomic mass is 10.1. The molecule has 6 rings (SSSR count). The number of hydrogen-bond donors (Lipinski definition) is 1. The van der Waals surface area contributed by atoms with Gasteiger partial charge in [0.1, 0.15) is 5.69 Å². The normalized spacial score (nSPS) is 13.1. The van der Waals surface area contributed by atoms with Gasteiger partial charge in [0.15, 0.2) is 0 Å². The smallest absolute Gasteiger partial charge is 0.433 e. The van der Waals surface area contributed by atoms with Gasteiger partial charge in [0.2, 0.25) is 11.8 Å². The number of imidazole rings is 1. The number of aromatic amines is 1. The Bertz CT molecular complexity index is 1520. The molecule has 0 spiro atoms. The molecule has 5 aromatic heterocycles. The second-order valence-electron chi connectivity index (χ2n) is 7.88. The summed E-state index contributed by atoms with van der Waals surface area (Å²) in [6, 6.07) is 8.88. The van der Waals surface area contributed by atoms with Gasteiger partial charge in [-0.15, -0.1) is 10.2 Å². The van der Waals surface area contributed by atoms with Gasteiger partial charge in [0.25, 0.3) is 0 Å². The summed E-state index contributed by atoms with van der Waals surface area (Å²) in [7, 11) is 1.54. The third-order valence-electron chi connectivity index (χ3n) is 5.57. The van der Waals surface area contributed by atoms with Crippen LogP contribution in [0.2, 0.25) is 0 Å². The van der Waals surface area contributed by atoms with Crippen molar-refractivity contribution in [3.05, 3.63) is 78.1 Å². The Balaban J connectivity index is 0.000000182. The number of halogens is 3. The molecule has 14 heteroatoms. The van der Waals surface area contributed by atoms with E-state index in [1.165, 1.54) is 25.4 Å². The molecule has 0 aromatic carbocycles. The fraction of sp³-hybridized carbons (Fsp3) is 0.217. The summed E-state index contributed by atoms with van der Waals surface area (Å²) in [5, 5.41) is 11.4. The number of amides is 1. The van der Waals surface area contributed by atoms with Crippen LogP contribution in [0.5, 0.6) is 5.88 Å². The van der Waals surface area contributed by atoms with Crippen molar-refractivity contribution in [3.63, 3.8) is 0 Å². The number of aromatic nitrogens is 7. The molecule has 0 atom stereocenters. The SMILES string of the molecule is COc1ccc(-c2nnc(C(=O)N3CCc4nc[nH]c4C3)o2)cn1.FC(F)(F)c1cccc2ccnn12. The monoisotopic (exact) mass is 512 g/mol. The largest absolute Gasteiger partial charge is 0.481 e. The van der Waals surface area contributed by atoms with Gasteiger partial charge in [-0.1, -0.05) is 6.07 Å². The van der Waals surface area contributed by atoms with E-state index in [-0.39, 0.29) is 17.7 Å². The predicted octanol–water partition coefficient (Wildman–Crippen LogP) is 3.41. The molecule has 0 radical (unpaired) electrons. The molecule has 0 aliphatic carbocycles. The summed E-state index contributed by atoms with van der Waals surface area (Å²) in [5.41, 5.74) is 2.24. The van der Waals surface area contributed by atoms with Crippen LogP contribution in [0.15, 0.2) is 59.5 Å². The van der Waals surface area contributed by atoms with Crippen molar-refractivity contribution in [2.75, 3.05) is 13.7 Å². The lowest BCUT2D eigenvalue weighted by Crippen LogP contribution is -2.36.